The van der Waals surface area contributed by atoms with Crippen molar-refractivity contribution in [3.63, 3.8) is 0 Å². The van der Waals surface area contributed by atoms with E-state index in [2.05, 4.69) is 6.92 Å². The third kappa shape index (κ3) is 2.20. The summed E-state index contributed by atoms with van der Waals surface area (Å²) in [5.41, 5.74) is 1.03. The molecule has 0 N–H and O–H groups in total. The van der Waals surface area contributed by atoms with E-state index >= 15 is 0 Å². The summed E-state index contributed by atoms with van der Waals surface area (Å²) in [6.07, 6.45) is 1.19. The van der Waals surface area contributed by atoms with Crippen LogP contribution in [-0.4, -0.2) is 19.8 Å². The molecule has 3 nitrogen and oxygen atoms in total. The summed E-state index contributed by atoms with van der Waals surface area (Å²) < 4.78 is 16.7. The minimum absolute atomic E-state index is 0.237. The Morgan fingerprint density at radius 2 is 2.00 bits per heavy atom. The maximum absolute atomic E-state index is 5.87. The van der Waals surface area contributed by atoms with Crippen LogP contribution in [0, 0.1) is 0 Å². The SMILES string of the molecule is COc1ccc([C@]2(C)OCC[C@@H](C)O2)cc1. The molecule has 0 aromatic heterocycles. The van der Waals surface area contributed by atoms with Crippen molar-refractivity contribution in [2.24, 2.45) is 0 Å². The average molecular weight is 222 g/mol. The maximum Gasteiger partial charge on any atom is 0.192 e. The van der Waals surface area contributed by atoms with Crippen LogP contribution < -0.4 is 4.74 Å². The lowest BCUT2D eigenvalue weighted by Gasteiger charge is -2.37. The fourth-order valence-electron chi connectivity index (χ4n) is 1.94. The molecule has 0 bridgehead atoms. The fraction of sp³-hybridized carbons (Fsp3) is 0.538. The van der Waals surface area contributed by atoms with Gasteiger partial charge in [-0.05, 0) is 44.5 Å². The fourth-order valence-corrected chi connectivity index (χ4v) is 1.94. The zero-order valence-electron chi connectivity index (χ0n) is 10.0. The van der Waals surface area contributed by atoms with Crippen LogP contribution in [0.3, 0.4) is 0 Å². The molecule has 0 amide bonds. The predicted octanol–water partition coefficient (Wildman–Crippen LogP) is 2.69. The summed E-state index contributed by atoms with van der Waals surface area (Å²) in [5, 5.41) is 0. The largest absolute Gasteiger partial charge is 0.497 e. The number of methoxy groups -OCH3 is 1. The second-order valence-corrected chi connectivity index (χ2v) is 4.24. The minimum Gasteiger partial charge on any atom is -0.497 e. The first kappa shape index (κ1) is 11.4. The van der Waals surface area contributed by atoms with Crippen molar-refractivity contribution in [3.8, 4) is 5.75 Å². The molecule has 2 rings (SSSR count). The highest BCUT2D eigenvalue weighted by molar-refractivity contribution is 5.29. The molecule has 1 aromatic rings. The normalized spacial score (nSPS) is 30.1. The van der Waals surface area contributed by atoms with Gasteiger partial charge in [0.05, 0.1) is 19.8 Å². The van der Waals surface area contributed by atoms with Gasteiger partial charge in [-0.25, -0.2) is 0 Å². The smallest absolute Gasteiger partial charge is 0.192 e. The Balaban J connectivity index is 2.20. The van der Waals surface area contributed by atoms with Crippen molar-refractivity contribution in [1.82, 2.24) is 0 Å². The van der Waals surface area contributed by atoms with E-state index in [1.807, 2.05) is 31.2 Å². The van der Waals surface area contributed by atoms with Gasteiger partial charge in [0.1, 0.15) is 5.75 Å². The lowest BCUT2D eigenvalue weighted by atomic mass is 10.1. The number of ether oxygens (including phenoxy) is 3. The Hall–Kier alpha value is -1.06. The van der Waals surface area contributed by atoms with Crippen LogP contribution in [0.2, 0.25) is 0 Å². The van der Waals surface area contributed by atoms with Gasteiger partial charge in [0, 0.05) is 5.56 Å². The number of hydrogen-bond acceptors (Lipinski definition) is 3. The standard InChI is InChI=1S/C13H18O3/c1-10-8-9-15-13(2,16-10)11-4-6-12(14-3)7-5-11/h4-7,10H,8-9H2,1-3H3/t10-,13-/m1/s1. The van der Waals surface area contributed by atoms with Crippen molar-refractivity contribution in [1.29, 1.82) is 0 Å². The second kappa shape index (κ2) is 4.44. The van der Waals surface area contributed by atoms with Gasteiger partial charge in [-0.15, -0.1) is 0 Å². The Morgan fingerprint density at radius 1 is 1.31 bits per heavy atom. The van der Waals surface area contributed by atoms with Crippen molar-refractivity contribution >= 4 is 0 Å². The highest BCUT2D eigenvalue weighted by Gasteiger charge is 2.34. The molecule has 0 spiro atoms. The Labute approximate surface area is 96.3 Å². The second-order valence-electron chi connectivity index (χ2n) is 4.24. The van der Waals surface area contributed by atoms with Crippen LogP contribution >= 0.6 is 0 Å². The first-order valence-electron chi connectivity index (χ1n) is 5.60. The molecule has 0 unspecified atom stereocenters. The molecule has 1 fully saturated rings. The number of benzene rings is 1. The van der Waals surface area contributed by atoms with E-state index in [0.29, 0.717) is 0 Å². The highest BCUT2D eigenvalue weighted by atomic mass is 16.7. The van der Waals surface area contributed by atoms with E-state index in [0.717, 1.165) is 24.3 Å². The zero-order chi connectivity index (χ0) is 11.6. The van der Waals surface area contributed by atoms with E-state index in [1.165, 1.54) is 0 Å². The molecule has 0 saturated carbocycles. The molecule has 1 aliphatic heterocycles. The first-order chi connectivity index (χ1) is 7.64. The predicted molar refractivity (Wildman–Crippen MR) is 61.5 cm³/mol. The van der Waals surface area contributed by atoms with Gasteiger partial charge in [0.15, 0.2) is 5.79 Å². The summed E-state index contributed by atoms with van der Waals surface area (Å²) in [7, 11) is 1.66. The molecule has 1 saturated heterocycles. The lowest BCUT2D eigenvalue weighted by Crippen LogP contribution is -2.38. The van der Waals surface area contributed by atoms with E-state index in [9.17, 15) is 0 Å². The van der Waals surface area contributed by atoms with Crippen LogP contribution in [0.1, 0.15) is 25.8 Å². The molecular weight excluding hydrogens is 204 g/mol. The van der Waals surface area contributed by atoms with Crippen molar-refractivity contribution in [3.05, 3.63) is 29.8 Å². The van der Waals surface area contributed by atoms with Gasteiger partial charge in [-0.3, -0.25) is 0 Å². The third-order valence-electron chi connectivity index (χ3n) is 2.94. The van der Waals surface area contributed by atoms with Gasteiger partial charge in [0.25, 0.3) is 0 Å². The molecule has 1 aliphatic rings. The van der Waals surface area contributed by atoms with Gasteiger partial charge in [0.2, 0.25) is 0 Å². The van der Waals surface area contributed by atoms with Crippen molar-refractivity contribution < 1.29 is 14.2 Å². The molecular formula is C13H18O3. The summed E-state index contributed by atoms with van der Waals surface area (Å²) >= 11 is 0. The van der Waals surface area contributed by atoms with Crippen LogP contribution in [-0.2, 0) is 15.3 Å². The van der Waals surface area contributed by atoms with Crippen molar-refractivity contribution in [2.45, 2.75) is 32.2 Å². The molecule has 3 heteroatoms. The summed E-state index contributed by atoms with van der Waals surface area (Å²) in [6.45, 7) is 4.78. The van der Waals surface area contributed by atoms with Gasteiger partial charge >= 0.3 is 0 Å². The molecule has 0 aliphatic carbocycles. The monoisotopic (exact) mass is 222 g/mol. The van der Waals surface area contributed by atoms with Gasteiger partial charge in [-0.1, -0.05) is 0 Å². The number of hydrogen-bond donors (Lipinski definition) is 0. The van der Waals surface area contributed by atoms with Gasteiger partial charge < -0.3 is 14.2 Å². The number of rotatable bonds is 2. The summed E-state index contributed by atoms with van der Waals surface area (Å²) in [5.74, 6) is 0.223. The Kier molecular flexibility index (Phi) is 3.17. The van der Waals surface area contributed by atoms with Crippen molar-refractivity contribution in [2.75, 3.05) is 13.7 Å². The minimum atomic E-state index is -0.621. The van der Waals surface area contributed by atoms with E-state index in [-0.39, 0.29) is 6.10 Å². The summed E-state index contributed by atoms with van der Waals surface area (Å²) in [6, 6.07) is 7.81. The molecule has 0 radical (unpaired) electrons. The average Bonchev–Trinajstić information content (AvgIpc) is 2.29. The quantitative estimate of drug-likeness (QED) is 0.770. The first-order valence-corrected chi connectivity index (χ1v) is 5.60. The van der Waals surface area contributed by atoms with E-state index in [4.69, 9.17) is 14.2 Å². The van der Waals surface area contributed by atoms with Crippen LogP contribution in [0.4, 0.5) is 0 Å². The molecule has 16 heavy (non-hydrogen) atoms. The zero-order valence-corrected chi connectivity index (χ0v) is 10.0. The lowest BCUT2D eigenvalue weighted by molar-refractivity contribution is -0.288. The Morgan fingerprint density at radius 3 is 2.56 bits per heavy atom. The molecule has 1 heterocycles. The molecule has 2 atom stereocenters. The Bertz CT molecular complexity index is 347. The van der Waals surface area contributed by atoms with E-state index in [1.54, 1.807) is 7.11 Å². The van der Waals surface area contributed by atoms with E-state index < -0.39 is 5.79 Å². The molecule has 88 valence electrons. The van der Waals surface area contributed by atoms with Crippen LogP contribution in [0.5, 0.6) is 5.75 Å². The summed E-state index contributed by atoms with van der Waals surface area (Å²) in [4.78, 5) is 0. The highest BCUT2D eigenvalue weighted by Crippen LogP contribution is 2.33. The van der Waals surface area contributed by atoms with Gasteiger partial charge in [-0.2, -0.15) is 0 Å². The topological polar surface area (TPSA) is 27.7 Å². The maximum atomic E-state index is 5.87. The third-order valence-corrected chi connectivity index (χ3v) is 2.94. The van der Waals surface area contributed by atoms with Crippen LogP contribution in [0.25, 0.3) is 0 Å². The molecule has 1 aromatic carbocycles. The van der Waals surface area contributed by atoms with Crippen LogP contribution in [0.15, 0.2) is 24.3 Å².